The Balaban J connectivity index is 1.37. The molecule has 3 heterocycles. The van der Waals surface area contributed by atoms with Gasteiger partial charge in [0.1, 0.15) is 35.7 Å². The van der Waals surface area contributed by atoms with Crippen molar-refractivity contribution < 1.29 is 49.1 Å². The normalized spacial score (nSPS) is 18.1. The van der Waals surface area contributed by atoms with E-state index in [-0.39, 0.29) is 47.1 Å². The largest absolute Gasteiger partial charge is 0.435 e. The maximum absolute atomic E-state index is 15.4. The van der Waals surface area contributed by atoms with Crippen LogP contribution in [-0.4, -0.2) is 56.3 Å². The molecule has 57 heavy (non-hydrogen) atoms. The van der Waals surface area contributed by atoms with E-state index < -0.39 is 87.1 Å². The van der Waals surface area contributed by atoms with Crippen LogP contribution in [0.15, 0.2) is 48.5 Å². The van der Waals surface area contributed by atoms with Crippen LogP contribution < -0.4 is 10.0 Å². The number of fused-ring (bicyclic) bond motifs is 4. The Morgan fingerprint density at radius 3 is 2.42 bits per heavy atom. The summed E-state index contributed by atoms with van der Waals surface area (Å²) in [5.74, 6) is -3.87. The molecule has 3 N–H and O–H groups in total. The van der Waals surface area contributed by atoms with Crippen molar-refractivity contribution in [2.24, 2.45) is 18.9 Å². The molecule has 0 spiro atoms. The fourth-order valence-corrected chi connectivity index (χ4v) is 7.81. The SMILES string of the molecule is CC(C)C(O)C#Cc1ccc(-c2cccc3c(NS(C)(=O)=O)nn(C)c23)c([C@H](Cc2cc(F)cc(F)c2)NC(=O)Cn2nc(C(F)(F)F)c3c2C(F)(F)[C@@H]2C[C@H]32)n1. The molecular weight excluding hydrogens is 784 g/mol. The highest BCUT2D eigenvalue weighted by atomic mass is 32.2. The van der Waals surface area contributed by atoms with Gasteiger partial charge in [0.15, 0.2) is 11.5 Å². The molecule has 2 aliphatic rings. The molecule has 0 aliphatic heterocycles. The number of nitrogens with one attached hydrogen (secondary N) is 2. The number of anilines is 1. The molecule has 3 aromatic heterocycles. The smallest absolute Gasteiger partial charge is 0.380 e. The molecular formula is C38H34F7N7O4S. The van der Waals surface area contributed by atoms with Gasteiger partial charge in [-0.05, 0) is 66.5 Å². The van der Waals surface area contributed by atoms with Crippen LogP contribution in [0, 0.1) is 35.3 Å². The van der Waals surface area contributed by atoms with Crippen LogP contribution >= 0.6 is 0 Å². The van der Waals surface area contributed by atoms with E-state index >= 15 is 8.78 Å². The number of hydrogen-bond acceptors (Lipinski definition) is 7. The predicted molar refractivity (Wildman–Crippen MR) is 193 cm³/mol. The number of benzene rings is 2. The lowest BCUT2D eigenvalue weighted by atomic mass is 9.93. The van der Waals surface area contributed by atoms with Crippen molar-refractivity contribution in [3.05, 3.63) is 94.1 Å². The lowest BCUT2D eigenvalue weighted by molar-refractivity contribution is -0.142. The maximum Gasteiger partial charge on any atom is 0.435 e. The van der Waals surface area contributed by atoms with Crippen molar-refractivity contribution >= 4 is 32.7 Å². The first-order chi connectivity index (χ1) is 26.6. The number of aryl methyl sites for hydroxylation is 1. The van der Waals surface area contributed by atoms with Crippen molar-refractivity contribution in [3.63, 3.8) is 0 Å². The van der Waals surface area contributed by atoms with Crippen LogP contribution in [0.2, 0.25) is 0 Å². The molecule has 19 heteroatoms. The highest BCUT2D eigenvalue weighted by Crippen LogP contribution is 2.68. The predicted octanol–water partition coefficient (Wildman–Crippen LogP) is 6.18. The number of carbonyl (C=O) groups excluding carboxylic acids is 1. The molecule has 5 aromatic rings. The Labute approximate surface area is 321 Å². The van der Waals surface area contributed by atoms with E-state index in [0.717, 1.165) is 18.4 Å². The first-order valence-electron chi connectivity index (χ1n) is 17.6. The average molecular weight is 818 g/mol. The topological polar surface area (TPSA) is 144 Å². The molecule has 1 amide bonds. The number of amides is 1. The van der Waals surface area contributed by atoms with Crippen LogP contribution in [0.25, 0.3) is 22.0 Å². The summed E-state index contributed by atoms with van der Waals surface area (Å²) in [6, 6.07) is 9.17. The van der Waals surface area contributed by atoms with Crippen molar-refractivity contribution in [2.45, 2.75) is 63.4 Å². The van der Waals surface area contributed by atoms with Crippen molar-refractivity contribution in [3.8, 4) is 23.0 Å². The Kier molecular flexibility index (Phi) is 9.88. The number of aliphatic hydroxyl groups excluding tert-OH is 1. The summed E-state index contributed by atoms with van der Waals surface area (Å²) in [7, 11) is -2.23. The third kappa shape index (κ3) is 7.80. The molecule has 11 nitrogen and oxygen atoms in total. The number of carbonyl (C=O) groups is 1. The van der Waals surface area contributed by atoms with E-state index in [2.05, 4.69) is 32.1 Å². The number of alkyl halides is 5. The van der Waals surface area contributed by atoms with Gasteiger partial charge in [-0.2, -0.15) is 32.1 Å². The first kappa shape index (κ1) is 39.7. The van der Waals surface area contributed by atoms with Crippen LogP contribution in [0.4, 0.5) is 36.6 Å². The molecule has 0 radical (unpaired) electrons. The second-order valence-electron chi connectivity index (χ2n) is 14.6. The third-order valence-electron chi connectivity index (χ3n) is 9.86. The zero-order valence-electron chi connectivity index (χ0n) is 30.6. The van der Waals surface area contributed by atoms with E-state index in [0.29, 0.717) is 27.2 Å². The zero-order chi connectivity index (χ0) is 41.4. The van der Waals surface area contributed by atoms with Crippen LogP contribution in [0.5, 0.6) is 0 Å². The van der Waals surface area contributed by atoms with Gasteiger partial charge in [-0.25, -0.2) is 22.2 Å². The van der Waals surface area contributed by atoms with E-state index in [1.54, 1.807) is 45.2 Å². The first-order valence-corrected chi connectivity index (χ1v) is 19.5. The number of halogens is 7. The Bertz CT molecular complexity index is 2590. The number of aliphatic hydroxyl groups is 1. The molecule has 0 bridgehead atoms. The van der Waals surface area contributed by atoms with Gasteiger partial charge in [0.05, 0.1) is 23.5 Å². The van der Waals surface area contributed by atoms with Crippen molar-refractivity contribution in [1.82, 2.24) is 29.9 Å². The Morgan fingerprint density at radius 1 is 1.07 bits per heavy atom. The minimum absolute atomic E-state index is 0.00368. The minimum Gasteiger partial charge on any atom is -0.380 e. The molecule has 1 unspecified atom stereocenters. The van der Waals surface area contributed by atoms with Gasteiger partial charge >= 0.3 is 6.18 Å². The molecule has 4 atom stereocenters. The number of pyridine rings is 1. The maximum atomic E-state index is 15.4. The molecule has 2 aliphatic carbocycles. The molecule has 1 fully saturated rings. The highest BCUT2D eigenvalue weighted by Gasteiger charge is 2.68. The number of aromatic nitrogens is 5. The van der Waals surface area contributed by atoms with Gasteiger partial charge in [-0.3, -0.25) is 18.9 Å². The van der Waals surface area contributed by atoms with Crippen molar-refractivity contribution in [2.75, 3.05) is 11.0 Å². The summed E-state index contributed by atoms with van der Waals surface area (Å²) in [5.41, 5.74) is -1.96. The minimum atomic E-state index is -5.07. The molecule has 1 saturated carbocycles. The molecule has 2 aromatic carbocycles. The highest BCUT2D eigenvalue weighted by molar-refractivity contribution is 7.92. The Hall–Kier alpha value is -5.48. The zero-order valence-corrected chi connectivity index (χ0v) is 31.4. The average Bonchev–Trinajstić information content (AvgIpc) is 3.65. The van der Waals surface area contributed by atoms with Gasteiger partial charge < -0.3 is 10.4 Å². The van der Waals surface area contributed by atoms with Gasteiger partial charge in [0.25, 0.3) is 5.92 Å². The number of para-hydroxylation sites is 1. The van der Waals surface area contributed by atoms with Gasteiger partial charge in [0.2, 0.25) is 15.9 Å². The molecule has 300 valence electrons. The van der Waals surface area contributed by atoms with E-state index in [9.17, 15) is 40.3 Å². The van der Waals surface area contributed by atoms with Gasteiger partial charge in [-0.1, -0.05) is 31.9 Å². The van der Waals surface area contributed by atoms with Crippen LogP contribution in [0.3, 0.4) is 0 Å². The van der Waals surface area contributed by atoms with E-state index in [1.807, 2.05) is 0 Å². The van der Waals surface area contributed by atoms with Crippen molar-refractivity contribution in [1.29, 1.82) is 0 Å². The van der Waals surface area contributed by atoms with E-state index in [1.165, 1.54) is 10.7 Å². The van der Waals surface area contributed by atoms with Gasteiger partial charge in [-0.15, -0.1) is 0 Å². The fourth-order valence-electron chi connectivity index (χ4n) is 7.31. The monoisotopic (exact) mass is 817 g/mol. The summed E-state index contributed by atoms with van der Waals surface area (Å²) in [5, 5.41) is 21.1. The fraction of sp³-hybridized carbons (Fsp3) is 0.368. The quantitative estimate of drug-likeness (QED) is 0.113. The summed E-state index contributed by atoms with van der Waals surface area (Å²) in [6.07, 6.45) is -5.71. The van der Waals surface area contributed by atoms with Crippen LogP contribution in [0.1, 0.15) is 66.1 Å². The standard InChI is InChI=1S/C38H34F7N7O4S/c1-18(2)29(53)11-9-22-8-10-23(24-6-5-7-25-33(24)51(3)49-36(25)50-57(4,55)56)32(46-22)28(14-19-12-20(39)15-21(40)13-19)47-30(54)17-52-35-31(34(48-52)38(43,44)45)26-16-27(26)37(35,41)42/h5-8,10,12-13,15,18,26-29,53H,14,16-17H2,1-4H3,(H,47,54)(H,49,50)/t26-,27+,28-,29?/m0/s1. The number of nitrogens with zero attached hydrogens (tertiary/aromatic N) is 5. The second-order valence-corrected chi connectivity index (χ2v) is 16.3. The summed E-state index contributed by atoms with van der Waals surface area (Å²) in [6.45, 7) is 2.39. The molecule has 0 saturated heterocycles. The van der Waals surface area contributed by atoms with E-state index in [4.69, 9.17) is 4.98 Å². The summed E-state index contributed by atoms with van der Waals surface area (Å²) < 4.78 is 130. The Morgan fingerprint density at radius 2 is 1.77 bits per heavy atom. The number of sulfonamides is 1. The summed E-state index contributed by atoms with van der Waals surface area (Å²) in [4.78, 5) is 18.6. The van der Waals surface area contributed by atoms with Gasteiger partial charge in [0, 0.05) is 41.1 Å². The second kappa shape index (κ2) is 14.2. The molecule has 7 rings (SSSR count). The lowest BCUT2D eigenvalue weighted by Gasteiger charge is -2.23. The third-order valence-corrected chi connectivity index (χ3v) is 10.4. The number of hydrogen-bond donors (Lipinski definition) is 3. The van der Waals surface area contributed by atoms with Crippen LogP contribution in [-0.2, 0) is 46.9 Å². The number of rotatable bonds is 10. The lowest BCUT2D eigenvalue weighted by Crippen LogP contribution is -2.35. The summed E-state index contributed by atoms with van der Waals surface area (Å²) >= 11 is 0.